The van der Waals surface area contributed by atoms with E-state index in [-0.39, 0.29) is 17.9 Å². The number of aryl methyl sites for hydroxylation is 1. The second-order valence-electron chi connectivity index (χ2n) is 4.53. The van der Waals surface area contributed by atoms with Gasteiger partial charge in [0.05, 0.1) is 6.61 Å². The Labute approximate surface area is 123 Å². The van der Waals surface area contributed by atoms with Gasteiger partial charge in [-0.05, 0) is 37.6 Å². The molecule has 0 radical (unpaired) electrons. The van der Waals surface area contributed by atoms with Gasteiger partial charge in [-0.3, -0.25) is 4.98 Å². The first kappa shape index (κ1) is 14.8. The topological polar surface area (TPSA) is 68.7 Å². The quantitative estimate of drug-likeness (QED) is 0.884. The molecule has 0 fully saturated rings. The van der Waals surface area contributed by atoms with E-state index in [1.54, 1.807) is 24.5 Å². The lowest BCUT2D eigenvalue weighted by Crippen LogP contribution is -2.06. The minimum Gasteiger partial charge on any atom is -0.490 e. The molecule has 0 spiro atoms. The third-order valence-electron chi connectivity index (χ3n) is 2.82. The van der Waals surface area contributed by atoms with Crippen molar-refractivity contribution < 1.29 is 19.4 Å². The molecule has 0 aliphatic carbocycles. The van der Waals surface area contributed by atoms with Crippen LogP contribution >= 0.6 is 0 Å². The fourth-order valence-electron chi connectivity index (χ4n) is 1.95. The van der Waals surface area contributed by atoms with Crippen LogP contribution in [0.4, 0.5) is 0 Å². The van der Waals surface area contributed by atoms with Crippen LogP contribution in [0.5, 0.6) is 11.5 Å². The Kier molecular flexibility index (Phi) is 4.77. The summed E-state index contributed by atoms with van der Waals surface area (Å²) in [6.45, 7) is 4.44. The molecule has 0 bridgehead atoms. The predicted octanol–water partition coefficient (Wildman–Crippen LogP) is 3.07. The summed E-state index contributed by atoms with van der Waals surface area (Å²) < 4.78 is 11.1. The Hall–Kier alpha value is -2.56. The monoisotopic (exact) mass is 287 g/mol. The van der Waals surface area contributed by atoms with Crippen molar-refractivity contribution in [3.8, 4) is 11.5 Å². The lowest BCUT2D eigenvalue weighted by molar-refractivity contribution is 0.0690. The molecule has 5 heteroatoms. The highest BCUT2D eigenvalue weighted by Gasteiger charge is 2.16. The number of ether oxygens (including phenoxy) is 2. The molecule has 0 atom stereocenters. The second-order valence-corrected chi connectivity index (χ2v) is 4.53. The normalized spacial score (nSPS) is 10.2. The van der Waals surface area contributed by atoms with E-state index in [1.165, 1.54) is 6.07 Å². The van der Waals surface area contributed by atoms with Gasteiger partial charge < -0.3 is 14.6 Å². The SMILES string of the molecule is CCOc1cccc(C(=O)O)c1OCc1cncc(C)c1. The van der Waals surface area contributed by atoms with Crippen molar-refractivity contribution in [1.82, 2.24) is 4.98 Å². The van der Waals surface area contributed by atoms with Crippen LogP contribution in [-0.2, 0) is 6.61 Å². The van der Waals surface area contributed by atoms with Crippen molar-refractivity contribution in [3.63, 3.8) is 0 Å². The van der Waals surface area contributed by atoms with Crippen molar-refractivity contribution in [2.24, 2.45) is 0 Å². The van der Waals surface area contributed by atoms with Gasteiger partial charge in [-0.25, -0.2) is 4.79 Å². The molecule has 2 rings (SSSR count). The molecule has 0 aliphatic rings. The summed E-state index contributed by atoms with van der Waals surface area (Å²) in [5.41, 5.74) is 1.98. The van der Waals surface area contributed by atoms with E-state index < -0.39 is 5.97 Å². The van der Waals surface area contributed by atoms with Gasteiger partial charge in [-0.2, -0.15) is 0 Å². The van der Waals surface area contributed by atoms with E-state index in [0.29, 0.717) is 12.4 Å². The smallest absolute Gasteiger partial charge is 0.339 e. The van der Waals surface area contributed by atoms with Crippen molar-refractivity contribution >= 4 is 5.97 Å². The minimum atomic E-state index is -1.05. The highest BCUT2D eigenvalue weighted by molar-refractivity contribution is 5.92. The molecule has 0 saturated carbocycles. The third kappa shape index (κ3) is 3.72. The molecule has 0 amide bonds. The van der Waals surface area contributed by atoms with Crippen molar-refractivity contribution in [1.29, 1.82) is 0 Å². The molecule has 0 unspecified atom stereocenters. The predicted molar refractivity (Wildman–Crippen MR) is 77.9 cm³/mol. The minimum absolute atomic E-state index is 0.0848. The van der Waals surface area contributed by atoms with Gasteiger partial charge in [0.2, 0.25) is 0 Å². The Bertz CT molecular complexity index is 640. The zero-order valence-corrected chi connectivity index (χ0v) is 12.0. The zero-order valence-electron chi connectivity index (χ0n) is 12.0. The maximum Gasteiger partial charge on any atom is 0.339 e. The number of benzene rings is 1. The molecule has 110 valence electrons. The second kappa shape index (κ2) is 6.74. The number of carboxylic acid groups (broad SMARTS) is 1. The fourth-order valence-corrected chi connectivity index (χ4v) is 1.95. The highest BCUT2D eigenvalue weighted by Crippen LogP contribution is 2.32. The maximum absolute atomic E-state index is 11.3. The number of carbonyl (C=O) groups is 1. The molecule has 0 aliphatic heterocycles. The van der Waals surface area contributed by atoms with Gasteiger partial charge in [-0.15, -0.1) is 0 Å². The number of aromatic carboxylic acids is 1. The van der Waals surface area contributed by atoms with Crippen molar-refractivity contribution in [3.05, 3.63) is 53.3 Å². The number of pyridine rings is 1. The summed E-state index contributed by atoms with van der Waals surface area (Å²) in [6, 6.07) is 6.76. The Morgan fingerprint density at radius 2 is 2.10 bits per heavy atom. The average Bonchev–Trinajstić information content (AvgIpc) is 2.46. The van der Waals surface area contributed by atoms with Crippen LogP contribution in [0.25, 0.3) is 0 Å². The summed E-state index contributed by atoms with van der Waals surface area (Å²) >= 11 is 0. The van der Waals surface area contributed by atoms with Gasteiger partial charge >= 0.3 is 5.97 Å². The Morgan fingerprint density at radius 1 is 1.29 bits per heavy atom. The van der Waals surface area contributed by atoms with E-state index in [4.69, 9.17) is 9.47 Å². The molecule has 0 saturated heterocycles. The molecular weight excluding hydrogens is 270 g/mol. The summed E-state index contributed by atoms with van der Waals surface area (Å²) in [7, 11) is 0. The van der Waals surface area contributed by atoms with Crippen LogP contribution < -0.4 is 9.47 Å². The number of rotatable bonds is 6. The van der Waals surface area contributed by atoms with E-state index >= 15 is 0 Å². The lowest BCUT2D eigenvalue weighted by atomic mass is 10.2. The molecule has 1 aromatic heterocycles. The molecule has 1 heterocycles. The lowest BCUT2D eigenvalue weighted by Gasteiger charge is -2.14. The van der Waals surface area contributed by atoms with Crippen LogP contribution in [0.3, 0.4) is 0 Å². The van der Waals surface area contributed by atoms with E-state index in [1.807, 2.05) is 19.9 Å². The molecular formula is C16H17NO4. The van der Waals surface area contributed by atoms with E-state index in [9.17, 15) is 9.90 Å². The fraction of sp³-hybridized carbons (Fsp3) is 0.250. The molecule has 21 heavy (non-hydrogen) atoms. The average molecular weight is 287 g/mol. The summed E-state index contributed by atoms with van der Waals surface area (Å²) in [5, 5.41) is 9.25. The van der Waals surface area contributed by atoms with Crippen LogP contribution in [0.2, 0.25) is 0 Å². The van der Waals surface area contributed by atoms with Gasteiger partial charge in [0.1, 0.15) is 12.2 Å². The van der Waals surface area contributed by atoms with Gasteiger partial charge in [0.15, 0.2) is 11.5 Å². The van der Waals surface area contributed by atoms with Gasteiger partial charge in [0, 0.05) is 18.0 Å². The number of hydrogen-bond acceptors (Lipinski definition) is 4. The number of carboxylic acids is 1. The van der Waals surface area contributed by atoms with Crippen LogP contribution in [0, 0.1) is 6.92 Å². The van der Waals surface area contributed by atoms with E-state index in [2.05, 4.69) is 4.98 Å². The van der Waals surface area contributed by atoms with Crippen molar-refractivity contribution in [2.75, 3.05) is 6.61 Å². The largest absolute Gasteiger partial charge is 0.490 e. The van der Waals surface area contributed by atoms with Gasteiger partial charge in [-0.1, -0.05) is 6.07 Å². The first-order valence-electron chi connectivity index (χ1n) is 6.64. The molecule has 2 aromatic rings. The first-order valence-corrected chi connectivity index (χ1v) is 6.64. The zero-order chi connectivity index (χ0) is 15.2. The summed E-state index contributed by atoms with van der Waals surface area (Å²) in [5.74, 6) is -0.375. The third-order valence-corrected chi connectivity index (χ3v) is 2.82. The van der Waals surface area contributed by atoms with Crippen LogP contribution in [-0.4, -0.2) is 22.7 Å². The van der Waals surface area contributed by atoms with Crippen LogP contribution in [0.1, 0.15) is 28.4 Å². The number of nitrogens with zero attached hydrogens (tertiary/aromatic N) is 1. The number of aromatic nitrogens is 1. The molecule has 5 nitrogen and oxygen atoms in total. The van der Waals surface area contributed by atoms with Crippen molar-refractivity contribution in [2.45, 2.75) is 20.5 Å². The first-order chi connectivity index (χ1) is 10.1. The summed E-state index contributed by atoms with van der Waals surface area (Å²) in [6.07, 6.45) is 3.44. The Balaban J connectivity index is 2.26. The summed E-state index contributed by atoms with van der Waals surface area (Å²) in [4.78, 5) is 15.4. The number of para-hydroxylation sites is 1. The number of hydrogen-bond donors (Lipinski definition) is 1. The molecule has 1 N–H and O–H groups in total. The maximum atomic E-state index is 11.3. The van der Waals surface area contributed by atoms with Gasteiger partial charge in [0.25, 0.3) is 0 Å². The molecule has 1 aromatic carbocycles. The highest BCUT2D eigenvalue weighted by atomic mass is 16.5. The standard InChI is InChI=1S/C16H17NO4/c1-3-20-14-6-4-5-13(16(18)19)15(14)21-10-12-7-11(2)8-17-9-12/h4-9H,3,10H2,1-2H3,(H,18,19). The van der Waals surface area contributed by atoms with E-state index in [0.717, 1.165) is 11.1 Å². The van der Waals surface area contributed by atoms with Crippen LogP contribution in [0.15, 0.2) is 36.7 Å². The Morgan fingerprint density at radius 3 is 2.76 bits per heavy atom.